The highest BCUT2D eigenvalue weighted by Gasteiger charge is 2.39. The maximum absolute atomic E-state index is 7.71. The van der Waals surface area contributed by atoms with Crippen molar-refractivity contribution in [1.82, 2.24) is 5.32 Å². The second-order valence-corrected chi connectivity index (χ2v) is 8.23. The fourth-order valence-electron chi connectivity index (χ4n) is 3.97. The summed E-state index contributed by atoms with van der Waals surface area (Å²) in [5.41, 5.74) is 12.8. The van der Waals surface area contributed by atoms with Crippen LogP contribution in [0.5, 0.6) is 0 Å². The summed E-state index contributed by atoms with van der Waals surface area (Å²) >= 11 is 0. The predicted molar refractivity (Wildman–Crippen MR) is 124 cm³/mol. The number of allylic oxidation sites excluding steroid dienone is 7. The zero-order chi connectivity index (χ0) is 21.5. The molecule has 0 spiro atoms. The van der Waals surface area contributed by atoms with Gasteiger partial charge in [-0.05, 0) is 83.6 Å². The van der Waals surface area contributed by atoms with E-state index in [4.69, 9.17) is 16.1 Å². The summed E-state index contributed by atoms with van der Waals surface area (Å²) in [4.78, 5) is 5.15. The molecule has 1 heterocycles. The number of hydrogen-bond donors (Lipinski definition) is 3. The van der Waals surface area contributed by atoms with Crippen LogP contribution in [-0.4, -0.2) is 24.0 Å². The molecule has 0 aromatic rings. The third-order valence-electron chi connectivity index (χ3n) is 5.94. The molecule has 1 rings (SSSR count). The van der Waals surface area contributed by atoms with Crippen molar-refractivity contribution >= 4 is 11.9 Å². The van der Waals surface area contributed by atoms with Crippen molar-refractivity contribution in [2.45, 2.75) is 80.2 Å². The zero-order valence-corrected chi connectivity index (χ0v) is 19.2. The lowest BCUT2D eigenvalue weighted by Gasteiger charge is -2.34. The van der Waals surface area contributed by atoms with Gasteiger partial charge in [-0.15, -0.1) is 0 Å². The topological polar surface area (TPSA) is 74.3 Å². The van der Waals surface area contributed by atoms with Crippen LogP contribution in [0.2, 0.25) is 0 Å². The van der Waals surface area contributed by atoms with Crippen LogP contribution >= 0.6 is 0 Å². The van der Waals surface area contributed by atoms with E-state index in [2.05, 4.69) is 59.0 Å². The second kappa shape index (κ2) is 10.6. The Bertz CT molecular complexity index is 720. The molecule has 4 heteroatoms. The van der Waals surface area contributed by atoms with Gasteiger partial charge in [0.25, 0.3) is 0 Å². The monoisotopic (exact) mass is 384 g/mol. The van der Waals surface area contributed by atoms with E-state index in [1.165, 1.54) is 18.2 Å². The van der Waals surface area contributed by atoms with Gasteiger partial charge in [-0.2, -0.15) is 0 Å². The van der Waals surface area contributed by atoms with Crippen LogP contribution in [0.3, 0.4) is 0 Å². The van der Waals surface area contributed by atoms with E-state index in [1.54, 1.807) is 0 Å². The molecule has 1 unspecified atom stereocenters. The van der Waals surface area contributed by atoms with Crippen LogP contribution in [0.25, 0.3) is 0 Å². The van der Waals surface area contributed by atoms with Crippen LogP contribution in [0.4, 0.5) is 0 Å². The Morgan fingerprint density at radius 3 is 2.25 bits per heavy atom. The molecule has 28 heavy (non-hydrogen) atoms. The molecule has 156 valence electrons. The first-order chi connectivity index (χ1) is 13.1. The molecule has 1 atom stereocenters. The minimum atomic E-state index is -0.0420. The molecule has 0 aliphatic carbocycles. The summed E-state index contributed by atoms with van der Waals surface area (Å²) in [5, 5.41) is 11.4. The Hall–Kier alpha value is -1.94. The Balaban J connectivity index is 3.61. The Morgan fingerprint density at radius 2 is 1.82 bits per heavy atom. The molecule has 0 aromatic heterocycles. The van der Waals surface area contributed by atoms with Gasteiger partial charge < -0.3 is 16.5 Å². The van der Waals surface area contributed by atoms with Gasteiger partial charge in [0.15, 0.2) is 0 Å². The predicted octanol–water partition coefficient (Wildman–Crippen LogP) is 5.68. The first-order valence-corrected chi connectivity index (χ1v) is 10.4. The maximum Gasteiger partial charge on any atom is 0.0664 e. The standard InChI is InChI=1S/C24H40N4/c1-9-11-17(4)19(6)23(14-18(5)22(15-25)20(7)26)28-21(8)24(16(2)3)12-10-13-27-24/h11,14-16,25,27H,9-10,12-13,26H2,1-8H3/b17-11-,18-14-,22-20+,23-19-,25-15?,28-21?. The normalized spacial score (nSPS) is 23.7. The van der Waals surface area contributed by atoms with Gasteiger partial charge in [0.05, 0.1) is 11.2 Å². The minimum Gasteiger partial charge on any atom is -0.402 e. The summed E-state index contributed by atoms with van der Waals surface area (Å²) in [5.74, 6) is 0.473. The van der Waals surface area contributed by atoms with E-state index in [-0.39, 0.29) is 5.54 Å². The van der Waals surface area contributed by atoms with E-state index >= 15 is 0 Å². The molecule has 0 aromatic carbocycles. The highest BCUT2D eigenvalue weighted by Crippen LogP contribution is 2.31. The van der Waals surface area contributed by atoms with Crippen molar-refractivity contribution < 1.29 is 0 Å². The van der Waals surface area contributed by atoms with Gasteiger partial charge in [-0.1, -0.05) is 32.4 Å². The summed E-state index contributed by atoms with van der Waals surface area (Å²) in [6.45, 7) is 18.0. The first-order valence-electron chi connectivity index (χ1n) is 10.4. The van der Waals surface area contributed by atoms with E-state index < -0.39 is 0 Å². The van der Waals surface area contributed by atoms with E-state index in [1.807, 2.05) is 13.8 Å². The molecule has 0 radical (unpaired) electrons. The van der Waals surface area contributed by atoms with Gasteiger partial charge >= 0.3 is 0 Å². The van der Waals surface area contributed by atoms with Crippen molar-refractivity contribution in [3.63, 3.8) is 0 Å². The molecule has 4 nitrogen and oxygen atoms in total. The van der Waals surface area contributed by atoms with Crippen LogP contribution in [-0.2, 0) is 0 Å². The summed E-state index contributed by atoms with van der Waals surface area (Å²) in [7, 11) is 0. The average Bonchev–Trinajstić information content (AvgIpc) is 3.12. The Kier molecular flexibility index (Phi) is 9.09. The van der Waals surface area contributed by atoms with Gasteiger partial charge in [0.2, 0.25) is 0 Å². The quantitative estimate of drug-likeness (QED) is 0.372. The molecule has 4 N–H and O–H groups in total. The van der Waals surface area contributed by atoms with Crippen molar-refractivity contribution in [1.29, 1.82) is 5.41 Å². The highest BCUT2D eigenvalue weighted by molar-refractivity contribution is 5.93. The maximum atomic E-state index is 7.71. The Morgan fingerprint density at radius 1 is 1.18 bits per heavy atom. The number of nitrogens with zero attached hydrogens (tertiary/aromatic N) is 1. The minimum absolute atomic E-state index is 0.0420. The van der Waals surface area contributed by atoms with Crippen molar-refractivity contribution in [3.05, 3.63) is 45.8 Å². The molecule has 1 saturated heterocycles. The SMILES string of the molecule is CC\C=C(C)/C(C)=C(/C=C(C)\C(C=N)=C(/C)N)N=C(C)C1(C(C)C)CCCN1. The number of rotatable bonds is 8. The van der Waals surface area contributed by atoms with Crippen LogP contribution in [0.1, 0.15) is 74.7 Å². The third-order valence-corrected chi connectivity index (χ3v) is 5.94. The number of nitrogens with one attached hydrogen (secondary N) is 2. The molecular weight excluding hydrogens is 344 g/mol. The van der Waals surface area contributed by atoms with E-state index in [0.29, 0.717) is 11.6 Å². The summed E-state index contributed by atoms with van der Waals surface area (Å²) in [6.07, 6.45) is 8.93. The van der Waals surface area contributed by atoms with Crippen LogP contribution in [0.15, 0.2) is 50.8 Å². The average molecular weight is 385 g/mol. The molecular formula is C24H40N4. The molecule has 0 bridgehead atoms. The van der Waals surface area contributed by atoms with E-state index in [0.717, 1.165) is 47.5 Å². The molecule has 0 amide bonds. The number of hydrogen-bond acceptors (Lipinski definition) is 4. The lowest BCUT2D eigenvalue weighted by Crippen LogP contribution is -2.50. The zero-order valence-electron chi connectivity index (χ0n) is 19.2. The lowest BCUT2D eigenvalue weighted by molar-refractivity contribution is 0.370. The molecule has 1 aliphatic rings. The van der Waals surface area contributed by atoms with Gasteiger partial charge in [0, 0.05) is 23.2 Å². The highest BCUT2D eigenvalue weighted by atomic mass is 15.0. The number of aliphatic imine (C=N–C) groups is 1. The van der Waals surface area contributed by atoms with Crippen molar-refractivity contribution in [2.75, 3.05) is 6.54 Å². The van der Waals surface area contributed by atoms with Crippen LogP contribution in [0, 0.1) is 11.3 Å². The third kappa shape index (κ3) is 5.54. The Labute approximate surface area is 172 Å². The molecule has 1 aliphatic heterocycles. The molecule has 1 fully saturated rings. The number of nitrogens with two attached hydrogens (primary N) is 1. The molecule has 0 saturated carbocycles. The van der Waals surface area contributed by atoms with Crippen molar-refractivity contribution in [3.8, 4) is 0 Å². The van der Waals surface area contributed by atoms with Crippen LogP contribution < -0.4 is 11.1 Å². The summed E-state index contributed by atoms with van der Waals surface area (Å²) in [6, 6.07) is 0. The largest absolute Gasteiger partial charge is 0.402 e. The fraction of sp³-hybridized carbons (Fsp3) is 0.583. The lowest BCUT2D eigenvalue weighted by atomic mass is 9.81. The fourth-order valence-corrected chi connectivity index (χ4v) is 3.97. The second-order valence-electron chi connectivity index (χ2n) is 8.23. The van der Waals surface area contributed by atoms with Gasteiger partial charge in [0.1, 0.15) is 0 Å². The van der Waals surface area contributed by atoms with Gasteiger partial charge in [-0.3, -0.25) is 4.99 Å². The first kappa shape index (κ1) is 24.1. The van der Waals surface area contributed by atoms with E-state index in [9.17, 15) is 0 Å². The van der Waals surface area contributed by atoms with Crippen molar-refractivity contribution in [2.24, 2.45) is 16.6 Å². The van der Waals surface area contributed by atoms with Gasteiger partial charge in [-0.25, -0.2) is 0 Å². The summed E-state index contributed by atoms with van der Waals surface area (Å²) < 4.78 is 0. The smallest absolute Gasteiger partial charge is 0.0664 e.